The van der Waals surface area contributed by atoms with Gasteiger partial charge in [0.1, 0.15) is 11.3 Å². The summed E-state index contributed by atoms with van der Waals surface area (Å²) in [5.74, 6) is 1.24. The van der Waals surface area contributed by atoms with Crippen LogP contribution < -0.4 is 10.5 Å². The number of para-hydroxylation sites is 1. The number of nitrogen functional groups attached to an aromatic ring is 1. The molecule has 110 valence electrons. The Kier molecular flexibility index (Phi) is 3.29. The molecular formula is C15H19N5O. The minimum atomic E-state index is 0.0963. The standard InChI is InChI=1S/C15H19N5O/c1-10(2)21-13-6-4-5-12-14(13)18-15(16)20(12)9-11-7-8-17-19(11)3/h4-8,10H,9H2,1-3H3,(H2,16,18). The van der Waals surface area contributed by atoms with Crippen LogP contribution in [-0.4, -0.2) is 25.4 Å². The first kappa shape index (κ1) is 13.5. The summed E-state index contributed by atoms with van der Waals surface area (Å²) in [6.45, 7) is 4.62. The van der Waals surface area contributed by atoms with E-state index in [-0.39, 0.29) is 6.10 Å². The zero-order valence-corrected chi connectivity index (χ0v) is 12.4. The molecule has 0 bridgehead atoms. The van der Waals surface area contributed by atoms with Gasteiger partial charge in [0.15, 0.2) is 0 Å². The number of fused-ring (bicyclic) bond motifs is 1. The first-order chi connectivity index (χ1) is 10.1. The van der Waals surface area contributed by atoms with E-state index in [0.29, 0.717) is 12.5 Å². The second-order valence-corrected chi connectivity index (χ2v) is 5.29. The third kappa shape index (κ3) is 2.44. The molecule has 0 spiro atoms. The fourth-order valence-corrected chi connectivity index (χ4v) is 2.37. The van der Waals surface area contributed by atoms with Gasteiger partial charge in [-0.05, 0) is 32.0 Å². The summed E-state index contributed by atoms with van der Waals surface area (Å²) in [7, 11) is 1.91. The maximum Gasteiger partial charge on any atom is 0.201 e. The number of anilines is 1. The summed E-state index contributed by atoms with van der Waals surface area (Å²) in [4.78, 5) is 4.46. The summed E-state index contributed by atoms with van der Waals surface area (Å²) < 4.78 is 9.61. The lowest BCUT2D eigenvalue weighted by molar-refractivity contribution is 0.245. The molecule has 0 saturated heterocycles. The van der Waals surface area contributed by atoms with Crippen LogP contribution in [0.2, 0.25) is 0 Å². The van der Waals surface area contributed by atoms with Crippen LogP contribution in [-0.2, 0) is 13.6 Å². The summed E-state index contributed by atoms with van der Waals surface area (Å²) >= 11 is 0. The van der Waals surface area contributed by atoms with E-state index in [1.807, 2.05) is 54.4 Å². The number of rotatable bonds is 4. The van der Waals surface area contributed by atoms with Crippen molar-refractivity contribution >= 4 is 17.0 Å². The molecule has 3 rings (SSSR count). The van der Waals surface area contributed by atoms with Crippen molar-refractivity contribution in [3.63, 3.8) is 0 Å². The molecule has 6 heteroatoms. The van der Waals surface area contributed by atoms with Crippen LogP contribution >= 0.6 is 0 Å². The molecule has 1 aromatic carbocycles. The molecule has 0 unspecified atom stereocenters. The van der Waals surface area contributed by atoms with Crippen molar-refractivity contribution in [3.8, 4) is 5.75 Å². The fourth-order valence-electron chi connectivity index (χ4n) is 2.37. The molecule has 0 radical (unpaired) electrons. The molecule has 0 aliphatic carbocycles. The van der Waals surface area contributed by atoms with E-state index in [4.69, 9.17) is 10.5 Å². The van der Waals surface area contributed by atoms with Gasteiger partial charge in [0.25, 0.3) is 0 Å². The van der Waals surface area contributed by atoms with Crippen LogP contribution in [0.15, 0.2) is 30.5 Å². The Morgan fingerprint density at radius 2 is 2.10 bits per heavy atom. The van der Waals surface area contributed by atoms with Gasteiger partial charge in [-0.15, -0.1) is 0 Å². The number of ether oxygens (including phenoxy) is 1. The van der Waals surface area contributed by atoms with Gasteiger partial charge in [-0.25, -0.2) is 4.98 Å². The van der Waals surface area contributed by atoms with Crippen molar-refractivity contribution in [3.05, 3.63) is 36.2 Å². The van der Waals surface area contributed by atoms with Gasteiger partial charge in [0.2, 0.25) is 5.95 Å². The second-order valence-electron chi connectivity index (χ2n) is 5.29. The number of aromatic nitrogens is 4. The maximum absolute atomic E-state index is 6.09. The van der Waals surface area contributed by atoms with Gasteiger partial charge in [-0.2, -0.15) is 5.10 Å². The Labute approximate surface area is 123 Å². The highest BCUT2D eigenvalue weighted by Gasteiger charge is 2.14. The smallest absolute Gasteiger partial charge is 0.201 e. The highest BCUT2D eigenvalue weighted by Crippen LogP contribution is 2.28. The highest BCUT2D eigenvalue weighted by atomic mass is 16.5. The number of aryl methyl sites for hydroxylation is 1. The SMILES string of the molecule is CC(C)Oc1cccc2c1nc(N)n2Cc1ccnn1C. The molecule has 0 amide bonds. The van der Waals surface area contributed by atoms with E-state index in [1.165, 1.54) is 0 Å². The summed E-state index contributed by atoms with van der Waals surface area (Å²) in [5, 5.41) is 4.18. The van der Waals surface area contributed by atoms with E-state index in [9.17, 15) is 0 Å². The minimum absolute atomic E-state index is 0.0963. The Bertz CT molecular complexity index is 772. The molecule has 3 aromatic rings. The number of nitrogens with zero attached hydrogens (tertiary/aromatic N) is 4. The van der Waals surface area contributed by atoms with E-state index >= 15 is 0 Å². The number of hydrogen-bond acceptors (Lipinski definition) is 4. The van der Waals surface area contributed by atoms with E-state index < -0.39 is 0 Å². The van der Waals surface area contributed by atoms with Crippen molar-refractivity contribution in [1.82, 2.24) is 19.3 Å². The zero-order valence-electron chi connectivity index (χ0n) is 12.4. The monoisotopic (exact) mass is 285 g/mol. The van der Waals surface area contributed by atoms with Crippen molar-refractivity contribution in [1.29, 1.82) is 0 Å². The van der Waals surface area contributed by atoms with Crippen LogP contribution in [0.5, 0.6) is 5.75 Å². The van der Waals surface area contributed by atoms with Crippen molar-refractivity contribution < 1.29 is 4.74 Å². The third-order valence-corrected chi connectivity index (χ3v) is 3.38. The molecule has 2 aromatic heterocycles. The number of benzene rings is 1. The topological polar surface area (TPSA) is 70.9 Å². The lowest BCUT2D eigenvalue weighted by atomic mass is 10.3. The average molecular weight is 285 g/mol. The van der Waals surface area contributed by atoms with Crippen molar-refractivity contribution in [2.45, 2.75) is 26.5 Å². The first-order valence-electron chi connectivity index (χ1n) is 6.94. The fraction of sp³-hybridized carbons (Fsp3) is 0.333. The molecule has 21 heavy (non-hydrogen) atoms. The molecule has 0 aliphatic rings. The van der Waals surface area contributed by atoms with Crippen LogP contribution in [0.25, 0.3) is 11.0 Å². The molecule has 2 N–H and O–H groups in total. The molecule has 6 nitrogen and oxygen atoms in total. The van der Waals surface area contributed by atoms with Crippen LogP contribution in [0.1, 0.15) is 19.5 Å². The molecule has 0 saturated carbocycles. The number of imidazole rings is 1. The molecule has 0 aliphatic heterocycles. The van der Waals surface area contributed by atoms with E-state index in [1.54, 1.807) is 6.20 Å². The van der Waals surface area contributed by atoms with Crippen molar-refractivity contribution in [2.24, 2.45) is 7.05 Å². The predicted octanol–water partition coefficient (Wildman–Crippen LogP) is 2.19. The quantitative estimate of drug-likeness (QED) is 0.797. The molecule has 2 heterocycles. The lowest BCUT2D eigenvalue weighted by Gasteiger charge is -2.10. The summed E-state index contributed by atoms with van der Waals surface area (Å²) in [6.07, 6.45) is 1.87. The van der Waals surface area contributed by atoms with Gasteiger partial charge in [0.05, 0.1) is 23.9 Å². The largest absolute Gasteiger partial charge is 0.489 e. The normalized spacial score (nSPS) is 11.4. The zero-order chi connectivity index (χ0) is 15.0. The van der Waals surface area contributed by atoms with Gasteiger partial charge in [-0.3, -0.25) is 4.68 Å². The first-order valence-corrected chi connectivity index (χ1v) is 6.94. The Morgan fingerprint density at radius 3 is 2.76 bits per heavy atom. The summed E-state index contributed by atoms with van der Waals surface area (Å²) in [5.41, 5.74) is 8.91. The van der Waals surface area contributed by atoms with Crippen molar-refractivity contribution in [2.75, 3.05) is 5.73 Å². The van der Waals surface area contributed by atoms with Crippen LogP contribution in [0, 0.1) is 0 Å². The Balaban J connectivity index is 2.07. The lowest BCUT2D eigenvalue weighted by Crippen LogP contribution is -2.08. The second kappa shape index (κ2) is 5.12. The maximum atomic E-state index is 6.09. The molecule has 0 fully saturated rings. The van der Waals surface area contributed by atoms with Gasteiger partial charge in [-0.1, -0.05) is 6.07 Å². The molecular weight excluding hydrogens is 266 g/mol. The van der Waals surface area contributed by atoms with Gasteiger partial charge in [0, 0.05) is 13.2 Å². The predicted molar refractivity (Wildman–Crippen MR) is 82.2 cm³/mol. The van der Waals surface area contributed by atoms with E-state index in [2.05, 4.69) is 10.1 Å². The van der Waals surface area contributed by atoms with Gasteiger partial charge < -0.3 is 15.0 Å². The number of hydrogen-bond donors (Lipinski definition) is 1. The number of nitrogens with two attached hydrogens (primary N) is 1. The highest BCUT2D eigenvalue weighted by molar-refractivity contribution is 5.84. The van der Waals surface area contributed by atoms with E-state index in [0.717, 1.165) is 22.5 Å². The Hall–Kier alpha value is -2.50. The van der Waals surface area contributed by atoms with Gasteiger partial charge >= 0.3 is 0 Å². The summed E-state index contributed by atoms with van der Waals surface area (Å²) in [6, 6.07) is 7.85. The minimum Gasteiger partial charge on any atom is -0.489 e. The molecule has 0 atom stereocenters. The Morgan fingerprint density at radius 1 is 1.29 bits per heavy atom. The third-order valence-electron chi connectivity index (χ3n) is 3.38. The van der Waals surface area contributed by atoms with Crippen LogP contribution in [0.3, 0.4) is 0 Å². The van der Waals surface area contributed by atoms with Crippen LogP contribution in [0.4, 0.5) is 5.95 Å². The average Bonchev–Trinajstić information content (AvgIpc) is 2.96.